The number of nitrogens with zero attached hydrogens (tertiary/aromatic N) is 1. The quantitative estimate of drug-likeness (QED) is 0.592. The molecular weight excluding hydrogens is 208 g/mol. The Balaban J connectivity index is 2.73. The van der Waals surface area contributed by atoms with E-state index in [2.05, 4.69) is 19.2 Å². The third-order valence-corrected chi connectivity index (χ3v) is 2.16. The zero-order chi connectivity index (χ0) is 12.1. The second-order valence-electron chi connectivity index (χ2n) is 4.07. The summed E-state index contributed by atoms with van der Waals surface area (Å²) in [4.78, 5) is 10.00. The molecule has 16 heavy (non-hydrogen) atoms. The average Bonchev–Trinajstić information content (AvgIpc) is 2.19. The zero-order valence-corrected chi connectivity index (χ0v) is 9.43. The van der Waals surface area contributed by atoms with Gasteiger partial charge in [0, 0.05) is 18.2 Å². The molecule has 0 unspecified atom stereocenters. The molecule has 0 atom stereocenters. The van der Waals surface area contributed by atoms with Gasteiger partial charge in [-0.15, -0.1) is 0 Å². The van der Waals surface area contributed by atoms with E-state index >= 15 is 0 Å². The van der Waals surface area contributed by atoms with Crippen LogP contribution in [0, 0.1) is 16.0 Å². The van der Waals surface area contributed by atoms with Gasteiger partial charge in [-0.3, -0.25) is 10.1 Å². The predicted molar refractivity (Wildman–Crippen MR) is 61.3 cm³/mol. The fraction of sp³-hybridized carbons (Fsp3) is 0.455. The molecule has 5 nitrogen and oxygen atoms in total. The van der Waals surface area contributed by atoms with Crippen molar-refractivity contribution in [1.29, 1.82) is 0 Å². The minimum atomic E-state index is -0.582. The molecule has 0 aliphatic rings. The summed E-state index contributed by atoms with van der Waals surface area (Å²) in [5, 5.41) is 23.3. The predicted octanol–water partition coefficient (Wildman–Crippen LogP) is 2.05. The fourth-order valence-electron chi connectivity index (χ4n) is 1.36. The highest BCUT2D eigenvalue weighted by atomic mass is 16.6. The number of rotatable bonds is 5. The molecular formula is C11H16N2O3. The number of hydrogen-bond donors (Lipinski definition) is 2. The fourth-order valence-corrected chi connectivity index (χ4v) is 1.36. The van der Waals surface area contributed by atoms with Crippen LogP contribution in [0.15, 0.2) is 18.2 Å². The van der Waals surface area contributed by atoms with Crippen molar-refractivity contribution in [1.82, 2.24) is 5.32 Å². The Morgan fingerprint density at radius 3 is 2.75 bits per heavy atom. The van der Waals surface area contributed by atoms with Gasteiger partial charge in [0.25, 0.3) is 0 Å². The standard InChI is InChI=1S/C11H16N2O3/c1-8(2)6-12-7-9-4-3-5-10(11(9)14)13(15)16/h3-5,8,12,14H,6-7H2,1-2H3. The van der Waals surface area contributed by atoms with E-state index in [-0.39, 0.29) is 11.4 Å². The summed E-state index contributed by atoms with van der Waals surface area (Å²) in [6, 6.07) is 4.54. The van der Waals surface area contributed by atoms with Crippen LogP contribution in [-0.4, -0.2) is 16.6 Å². The van der Waals surface area contributed by atoms with E-state index in [1.165, 1.54) is 6.07 Å². The lowest BCUT2D eigenvalue weighted by molar-refractivity contribution is -0.385. The first-order valence-corrected chi connectivity index (χ1v) is 5.18. The van der Waals surface area contributed by atoms with Crippen LogP contribution in [0.1, 0.15) is 19.4 Å². The van der Waals surface area contributed by atoms with Crippen molar-refractivity contribution in [2.24, 2.45) is 5.92 Å². The average molecular weight is 224 g/mol. The molecule has 0 heterocycles. The van der Waals surface area contributed by atoms with Crippen LogP contribution in [0.5, 0.6) is 5.75 Å². The van der Waals surface area contributed by atoms with Crippen molar-refractivity contribution < 1.29 is 10.0 Å². The van der Waals surface area contributed by atoms with Crippen LogP contribution in [0.25, 0.3) is 0 Å². The summed E-state index contributed by atoms with van der Waals surface area (Å²) >= 11 is 0. The summed E-state index contributed by atoms with van der Waals surface area (Å²) in [6.07, 6.45) is 0. The number of phenols is 1. The van der Waals surface area contributed by atoms with E-state index in [1.807, 2.05) is 0 Å². The third kappa shape index (κ3) is 3.20. The van der Waals surface area contributed by atoms with Gasteiger partial charge in [-0.1, -0.05) is 26.0 Å². The summed E-state index contributed by atoms with van der Waals surface area (Å²) in [6.45, 7) is 5.38. The SMILES string of the molecule is CC(C)CNCc1cccc([N+](=O)[O-])c1O. The molecule has 0 amide bonds. The molecule has 1 rings (SSSR count). The van der Waals surface area contributed by atoms with Crippen molar-refractivity contribution in [2.45, 2.75) is 20.4 Å². The number of para-hydroxylation sites is 1. The van der Waals surface area contributed by atoms with Crippen LogP contribution < -0.4 is 5.32 Å². The molecule has 0 spiro atoms. The number of hydrogen-bond acceptors (Lipinski definition) is 4. The van der Waals surface area contributed by atoms with Crippen molar-refractivity contribution in [3.05, 3.63) is 33.9 Å². The van der Waals surface area contributed by atoms with Crippen LogP contribution in [-0.2, 0) is 6.54 Å². The van der Waals surface area contributed by atoms with Crippen LogP contribution in [0.2, 0.25) is 0 Å². The first-order valence-electron chi connectivity index (χ1n) is 5.18. The van der Waals surface area contributed by atoms with Crippen molar-refractivity contribution in [3.8, 4) is 5.75 Å². The van der Waals surface area contributed by atoms with Gasteiger partial charge in [0.15, 0.2) is 5.75 Å². The minimum absolute atomic E-state index is 0.246. The van der Waals surface area contributed by atoms with E-state index in [1.54, 1.807) is 12.1 Å². The highest BCUT2D eigenvalue weighted by Crippen LogP contribution is 2.28. The number of phenolic OH excluding ortho intramolecular Hbond substituents is 1. The molecule has 5 heteroatoms. The second kappa shape index (κ2) is 5.46. The largest absolute Gasteiger partial charge is 0.502 e. The molecule has 0 aliphatic carbocycles. The molecule has 0 radical (unpaired) electrons. The second-order valence-corrected chi connectivity index (χ2v) is 4.07. The molecule has 2 N–H and O–H groups in total. The first kappa shape index (κ1) is 12.4. The number of nitro benzene ring substituents is 1. The molecule has 0 saturated carbocycles. The molecule has 0 saturated heterocycles. The van der Waals surface area contributed by atoms with E-state index in [0.717, 1.165) is 6.54 Å². The summed E-state index contributed by atoms with van der Waals surface area (Å²) in [5.74, 6) is 0.254. The van der Waals surface area contributed by atoms with Crippen molar-refractivity contribution >= 4 is 5.69 Å². The topological polar surface area (TPSA) is 75.4 Å². The first-order chi connectivity index (χ1) is 7.52. The molecule has 0 fully saturated rings. The number of nitrogens with one attached hydrogen (secondary N) is 1. The Morgan fingerprint density at radius 1 is 1.50 bits per heavy atom. The van der Waals surface area contributed by atoms with Gasteiger partial charge in [-0.2, -0.15) is 0 Å². The van der Waals surface area contributed by atoms with Gasteiger partial charge in [-0.05, 0) is 12.5 Å². The van der Waals surface area contributed by atoms with Gasteiger partial charge in [0.1, 0.15) is 0 Å². The van der Waals surface area contributed by atoms with Crippen LogP contribution in [0.4, 0.5) is 5.69 Å². The number of nitro groups is 1. The summed E-state index contributed by atoms with van der Waals surface area (Å²) < 4.78 is 0. The van der Waals surface area contributed by atoms with E-state index in [0.29, 0.717) is 18.0 Å². The highest BCUT2D eigenvalue weighted by Gasteiger charge is 2.15. The van der Waals surface area contributed by atoms with Crippen LogP contribution in [0.3, 0.4) is 0 Å². The molecule has 1 aromatic rings. The monoisotopic (exact) mass is 224 g/mol. The molecule has 0 aromatic heterocycles. The summed E-state index contributed by atoms with van der Waals surface area (Å²) in [5.41, 5.74) is 0.304. The zero-order valence-electron chi connectivity index (χ0n) is 9.43. The van der Waals surface area contributed by atoms with Crippen LogP contribution >= 0.6 is 0 Å². The Bertz CT molecular complexity index is 377. The van der Waals surface area contributed by atoms with E-state index in [4.69, 9.17) is 0 Å². The lowest BCUT2D eigenvalue weighted by Crippen LogP contribution is -2.19. The molecule has 88 valence electrons. The van der Waals surface area contributed by atoms with E-state index in [9.17, 15) is 15.2 Å². The lowest BCUT2D eigenvalue weighted by atomic mass is 10.1. The van der Waals surface area contributed by atoms with E-state index < -0.39 is 4.92 Å². The minimum Gasteiger partial charge on any atom is -0.502 e. The maximum absolute atomic E-state index is 10.6. The molecule has 0 bridgehead atoms. The maximum Gasteiger partial charge on any atom is 0.311 e. The Hall–Kier alpha value is -1.62. The smallest absolute Gasteiger partial charge is 0.311 e. The van der Waals surface area contributed by atoms with Gasteiger partial charge in [-0.25, -0.2) is 0 Å². The maximum atomic E-state index is 10.6. The lowest BCUT2D eigenvalue weighted by Gasteiger charge is -2.08. The van der Waals surface area contributed by atoms with Gasteiger partial charge >= 0.3 is 5.69 Å². The Labute approximate surface area is 94.3 Å². The highest BCUT2D eigenvalue weighted by molar-refractivity contribution is 5.50. The Kier molecular flexibility index (Phi) is 4.25. The normalized spacial score (nSPS) is 10.7. The van der Waals surface area contributed by atoms with Crippen molar-refractivity contribution in [2.75, 3.05) is 6.54 Å². The van der Waals surface area contributed by atoms with Gasteiger partial charge in [0.05, 0.1) is 4.92 Å². The third-order valence-electron chi connectivity index (χ3n) is 2.16. The summed E-state index contributed by atoms with van der Waals surface area (Å²) in [7, 11) is 0. The van der Waals surface area contributed by atoms with Crippen molar-refractivity contribution in [3.63, 3.8) is 0 Å². The number of benzene rings is 1. The Morgan fingerprint density at radius 2 is 2.19 bits per heavy atom. The molecule has 1 aromatic carbocycles. The number of aromatic hydroxyl groups is 1. The molecule has 0 aliphatic heterocycles. The van der Waals surface area contributed by atoms with Gasteiger partial charge in [0.2, 0.25) is 0 Å². The van der Waals surface area contributed by atoms with Gasteiger partial charge < -0.3 is 10.4 Å².